The fraction of sp³-hybridized carbons (Fsp3) is 0.515. The minimum atomic E-state index is -0.0165. The molecule has 1 saturated heterocycles. The molecule has 2 aliphatic heterocycles. The van der Waals surface area contributed by atoms with Crippen molar-refractivity contribution in [3.8, 4) is 6.01 Å². The monoisotopic (exact) mass is 560 g/mol. The number of aryl methyl sites for hydroxylation is 2. The van der Waals surface area contributed by atoms with Crippen molar-refractivity contribution in [1.82, 2.24) is 14.9 Å². The van der Waals surface area contributed by atoms with E-state index >= 15 is 0 Å². The molecule has 8 heteroatoms. The van der Waals surface area contributed by atoms with Crippen LogP contribution in [0.25, 0.3) is 0 Å². The summed E-state index contributed by atoms with van der Waals surface area (Å²) in [4.78, 5) is 33.0. The number of fused-ring (bicyclic) bond motifs is 1. The summed E-state index contributed by atoms with van der Waals surface area (Å²) in [5, 5.41) is 0. The van der Waals surface area contributed by atoms with Gasteiger partial charge in [0.15, 0.2) is 0 Å². The van der Waals surface area contributed by atoms with Gasteiger partial charge in [-0.2, -0.15) is 9.97 Å². The number of aromatic nitrogens is 2. The van der Waals surface area contributed by atoms with Crippen molar-refractivity contribution in [2.75, 3.05) is 56.2 Å². The van der Waals surface area contributed by atoms with E-state index < -0.39 is 0 Å². The minimum Gasteiger partial charge on any atom is -0.463 e. The van der Waals surface area contributed by atoms with Gasteiger partial charge in [-0.1, -0.05) is 44.7 Å². The molecule has 3 heterocycles. The Morgan fingerprint density at radius 1 is 1.10 bits per heavy atom. The number of amides is 1. The number of hydrogen-bond donors (Lipinski definition) is 0. The molecule has 1 atom stereocenters. The van der Waals surface area contributed by atoms with Crippen molar-refractivity contribution in [2.45, 2.75) is 59.9 Å². The molecule has 3 aliphatic rings. The Bertz CT molecular complexity index is 1300. The molecule has 0 radical (unpaired) electrons. The third kappa shape index (κ3) is 6.80. The summed E-state index contributed by atoms with van der Waals surface area (Å²) in [6.45, 7) is 21.0. The molecule has 222 valence electrons. The quantitative estimate of drug-likeness (QED) is 0.251. The number of anilines is 2. The largest absolute Gasteiger partial charge is 0.463 e. The first-order chi connectivity index (χ1) is 19.9. The lowest BCUT2D eigenvalue weighted by Crippen LogP contribution is -2.49. The highest BCUT2D eigenvalue weighted by molar-refractivity contribution is 5.91. The zero-order valence-corrected chi connectivity index (χ0v) is 25.6. The Balaban J connectivity index is 0.00000158. The van der Waals surface area contributed by atoms with Crippen molar-refractivity contribution >= 4 is 23.6 Å². The minimum absolute atomic E-state index is 0. The van der Waals surface area contributed by atoms with Crippen molar-refractivity contribution in [3.05, 3.63) is 64.9 Å². The van der Waals surface area contributed by atoms with Gasteiger partial charge in [0.1, 0.15) is 5.82 Å². The lowest BCUT2D eigenvalue weighted by Gasteiger charge is -2.38. The van der Waals surface area contributed by atoms with Crippen LogP contribution in [0.4, 0.5) is 11.5 Å². The first-order valence-corrected chi connectivity index (χ1v) is 15.0. The Kier molecular flexibility index (Phi) is 10.2. The maximum Gasteiger partial charge on any atom is 0.318 e. The van der Waals surface area contributed by atoms with Crippen LogP contribution < -0.4 is 14.5 Å². The molecule has 1 unspecified atom stereocenters. The predicted molar refractivity (Wildman–Crippen MR) is 171 cm³/mol. The van der Waals surface area contributed by atoms with Gasteiger partial charge in [0, 0.05) is 64.2 Å². The van der Waals surface area contributed by atoms with Crippen LogP contribution >= 0.6 is 0 Å². The van der Waals surface area contributed by atoms with Gasteiger partial charge in [-0.05, 0) is 62.7 Å². The Labute approximate surface area is 247 Å². The number of aliphatic imine (C=N–C) groups is 1. The van der Waals surface area contributed by atoms with Crippen LogP contribution in [-0.2, 0) is 17.8 Å². The Hall–Kier alpha value is -3.68. The molecule has 1 aliphatic carbocycles. The number of nitrogens with zero attached hydrogens (tertiary/aromatic N) is 6. The van der Waals surface area contributed by atoms with E-state index in [1.54, 1.807) is 0 Å². The van der Waals surface area contributed by atoms with E-state index in [-0.39, 0.29) is 7.33 Å². The van der Waals surface area contributed by atoms with Gasteiger partial charge >= 0.3 is 6.01 Å². The lowest BCUT2D eigenvalue weighted by atomic mass is 9.98. The normalized spacial score (nSPS) is 18.7. The average Bonchev–Trinajstić information content (AvgIpc) is 3.43. The van der Waals surface area contributed by atoms with Gasteiger partial charge in [-0.25, -0.2) is 0 Å². The SMILES string of the molecule is C=CC(=O)N1CCN(c2nc(OCC3CCC(=C)C3)nc3c2CCN(c2c(C)ccc(C)c2C=NC)C3)CC1.CC.[HH]. The smallest absolute Gasteiger partial charge is 0.318 e. The second-order valence-electron chi connectivity index (χ2n) is 11.0. The van der Waals surface area contributed by atoms with Gasteiger partial charge in [0.2, 0.25) is 5.91 Å². The van der Waals surface area contributed by atoms with Gasteiger partial charge in [-0.15, -0.1) is 0 Å². The van der Waals surface area contributed by atoms with E-state index in [2.05, 4.69) is 53.9 Å². The van der Waals surface area contributed by atoms with Gasteiger partial charge < -0.3 is 19.4 Å². The van der Waals surface area contributed by atoms with Crippen LogP contribution in [0.15, 0.2) is 41.9 Å². The van der Waals surface area contributed by atoms with Crippen molar-refractivity contribution in [1.29, 1.82) is 0 Å². The molecular formula is C33H48N6O2. The number of carbonyl (C=O) groups excluding carboxylic acids is 1. The summed E-state index contributed by atoms with van der Waals surface area (Å²) in [7, 11) is 1.82. The zero-order valence-electron chi connectivity index (χ0n) is 25.6. The van der Waals surface area contributed by atoms with Crippen LogP contribution in [0.2, 0.25) is 0 Å². The van der Waals surface area contributed by atoms with Crippen LogP contribution in [0.5, 0.6) is 6.01 Å². The zero-order chi connectivity index (χ0) is 29.5. The molecule has 41 heavy (non-hydrogen) atoms. The van der Waals surface area contributed by atoms with Gasteiger partial charge in [-0.3, -0.25) is 9.79 Å². The maximum atomic E-state index is 12.2. The van der Waals surface area contributed by atoms with Crippen molar-refractivity contribution in [2.24, 2.45) is 10.9 Å². The van der Waals surface area contributed by atoms with E-state index in [0.717, 1.165) is 62.4 Å². The summed E-state index contributed by atoms with van der Waals surface area (Å²) in [5.41, 5.74) is 8.33. The average molecular weight is 561 g/mol. The van der Waals surface area contributed by atoms with Crippen LogP contribution in [0.3, 0.4) is 0 Å². The number of piperazine rings is 1. The van der Waals surface area contributed by atoms with Crippen LogP contribution in [-0.4, -0.2) is 73.4 Å². The number of ether oxygens (including phenoxy) is 1. The molecule has 1 aromatic heterocycles. The van der Waals surface area contributed by atoms with Gasteiger partial charge in [0.25, 0.3) is 0 Å². The molecule has 2 fully saturated rings. The molecule has 0 spiro atoms. The number of rotatable bonds is 7. The van der Waals surface area contributed by atoms with Crippen LogP contribution in [0.1, 0.15) is 62.5 Å². The summed E-state index contributed by atoms with van der Waals surface area (Å²) in [6, 6.07) is 4.80. The third-order valence-corrected chi connectivity index (χ3v) is 8.23. The molecule has 2 aromatic rings. The van der Waals surface area contributed by atoms with E-state index in [1.165, 1.54) is 34.0 Å². The lowest BCUT2D eigenvalue weighted by molar-refractivity contribution is -0.126. The summed E-state index contributed by atoms with van der Waals surface area (Å²) >= 11 is 0. The molecule has 0 N–H and O–H groups in total. The van der Waals surface area contributed by atoms with Crippen molar-refractivity contribution < 1.29 is 11.0 Å². The van der Waals surface area contributed by atoms with E-state index in [0.29, 0.717) is 38.2 Å². The second kappa shape index (κ2) is 13.8. The highest BCUT2D eigenvalue weighted by Crippen LogP contribution is 2.35. The topological polar surface area (TPSA) is 74.2 Å². The molecule has 0 bridgehead atoms. The molecule has 8 nitrogen and oxygen atoms in total. The number of carbonyl (C=O) groups is 1. The number of benzene rings is 1. The van der Waals surface area contributed by atoms with E-state index in [4.69, 9.17) is 14.7 Å². The van der Waals surface area contributed by atoms with E-state index in [1.807, 2.05) is 32.0 Å². The Morgan fingerprint density at radius 3 is 2.49 bits per heavy atom. The number of hydrogen-bond acceptors (Lipinski definition) is 7. The molecule has 1 aromatic carbocycles. The summed E-state index contributed by atoms with van der Waals surface area (Å²) < 4.78 is 6.25. The standard InChI is InChI=1S/C31H40N6O2.C2H6.H2/c1-6-28(38)35-13-15-36(16-14-35)30-25-11-12-37(29-23(4)9-8-22(3)26(29)18-32-5)19-27(25)33-31(34-30)39-20-24-10-7-21(2)17-24;1-2;/h6,8-9,18,24H,1-2,7,10-17,19-20H2,3-5H3;1-2H3;1H. The first kappa shape index (κ1) is 30.3. The summed E-state index contributed by atoms with van der Waals surface area (Å²) in [6.07, 6.45) is 7.40. The van der Waals surface area contributed by atoms with Crippen molar-refractivity contribution in [3.63, 3.8) is 0 Å². The second-order valence-corrected chi connectivity index (χ2v) is 11.0. The highest BCUT2D eigenvalue weighted by Gasteiger charge is 2.30. The molecular weight excluding hydrogens is 512 g/mol. The fourth-order valence-corrected chi connectivity index (χ4v) is 6.06. The predicted octanol–water partition coefficient (Wildman–Crippen LogP) is 5.55. The molecule has 5 rings (SSSR count). The Morgan fingerprint density at radius 2 is 1.83 bits per heavy atom. The maximum absolute atomic E-state index is 12.2. The first-order valence-electron chi connectivity index (χ1n) is 15.0. The summed E-state index contributed by atoms with van der Waals surface area (Å²) in [5.74, 6) is 1.40. The fourth-order valence-electron chi connectivity index (χ4n) is 6.06. The molecule has 1 saturated carbocycles. The van der Waals surface area contributed by atoms with E-state index in [9.17, 15) is 4.79 Å². The van der Waals surface area contributed by atoms with Crippen LogP contribution in [0, 0.1) is 19.8 Å². The third-order valence-electron chi connectivity index (χ3n) is 8.23. The molecule has 1 amide bonds. The number of allylic oxidation sites excluding steroid dienone is 1. The van der Waals surface area contributed by atoms with Gasteiger partial charge in [0.05, 0.1) is 18.8 Å². The highest BCUT2D eigenvalue weighted by atomic mass is 16.5.